The summed E-state index contributed by atoms with van der Waals surface area (Å²) in [7, 11) is 0. The van der Waals surface area contributed by atoms with E-state index in [2.05, 4.69) is 31.1 Å². The zero-order valence-corrected chi connectivity index (χ0v) is 11.3. The molecule has 1 heterocycles. The molecule has 0 radical (unpaired) electrons. The molecule has 0 aliphatic carbocycles. The third kappa shape index (κ3) is 5.58. The standard InChI is InChI=1S/C12H22N2OS/c1-10(2)8-15-7-6-13-5-4-12-11(3)14-9-16-12/h9-10,13H,4-8H2,1-3H3. The monoisotopic (exact) mass is 242 g/mol. The number of nitrogens with one attached hydrogen (secondary N) is 1. The van der Waals surface area contributed by atoms with Gasteiger partial charge in [0.15, 0.2) is 0 Å². The Morgan fingerprint density at radius 1 is 1.44 bits per heavy atom. The molecule has 0 amide bonds. The average Bonchev–Trinajstić information content (AvgIpc) is 2.62. The van der Waals surface area contributed by atoms with E-state index in [0.717, 1.165) is 32.7 Å². The lowest BCUT2D eigenvalue weighted by Gasteiger charge is -2.07. The summed E-state index contributed by atoms with van der Waals surface area (Å²) in [6.07, 6.45) is 1.07. The number of hydrogen-bond donors (Lipinski definition) is 1. The normalized spacial score (nSPS) is 11.2. The van der Waals surface area contributed by atoms with E-state index >= 15 is 0 Å². The lowest BCUT2D eigenvalue weighted by atomic mass is 10.2. The van der Waals surface area contributed by atoms with Crippen molar-refractivity contribution in [2.45, 2.75) is 27.2 Å². The summed E-state index contributed by atoms with van der Waals surface area (Å²) < 4.78 is 5.48. The van der Waals surface area contributed by atoms with Crippen molar-refractivity contribution < 1.29 is 4.74 Å². The molecule has 0 aromatic carbocycles. The van der Waals surface area contributed by atoms with Gasteiger partial charge in [-0.1, -0.05) is 13.8 Å². The number of thiazole rings is 1. The van der Waals surface area contributed by atoms with Crippen molar-refractivity contribution in [3.8, 4) is 0 Å². The fourth-order valence-electron chi connectivity index (χ4n) is 1.36. The number of aromatic nitrogens is 1. The largest absolute Gasteiger partial charge is 0.380 e. The smallest absolute Gasteiger partial charge is 0.0797 e. The van der Waals surface area contributed by atoms with Crippen molar-refractivity contribution in [2.75, 3.05) is 26.3 Å². The van der Waals surface area contributed by atoms with Gasteiger partial charge in [0.05, 0.1) is 17.8 Å². The molecule has 3 nitrogen and oxygen atoms in total. The Morgan fingerprint density at radius 3 is 2.88 bits per heavy atom. The van der Waals surface area contributed by atoms with Gasteiger partial charge in [-0.05, 0) is 19.3 Å². The Balaban J connectivity index is 1.94. The van der Waals surface area contributed by atoms with Gasteiger partial charge in [-0.15, -0.1) is 11.3 Å². The second-order valence-electron chi connectivity index (χ2n) is 4.33. The van der Waals surface area contributed by atoms with E-state index in [0.29, 0.717) is 5.92 Å². The molecule has 0 spiro atoms. The van der Waals surface area contributed by atoms with Gasteiger partial charge in [0.1, 0.15) is 0 Å². The van der Waals surface area contributed by atoms with Crippen LogP contribution in [-0.2, 0) is 11.2 Å². The predicted molar refractivity (Wildman–Crippen MR) is 69.1 cm³/mol. The van der Waals surface area contributed by atoms with Crippen LogP contribution in [0.5, 0.6) is 0 Å². The van der Waals surface area contributed by atoms with Gasteiger partial charge in [-0.3, -0.25) is 0 Å². The third-order valence-corrected chi connectivity index (χ3v) is 3.24. The first-order valence-electron chi connectivity index (χ1n) is 5.87. The highest BCUT2D eigenvalue weighted by Crippen LogP contribution is 2.11. The summed E-state index contributed by atoms with van der Waals surface area (Å²) in [6, 6.07) is 0. The van der Waals surface area contributed by atoms with Gasteiger partial charge in [-0.2, -0.15) is 0 Å². The Bertz CT molecular complexity index is 286. The second-order valence-corrected chi connectivity index (χ2v) is 5.27. The highest BCUT2D eigenvalue weighted by Gasteiger charge is 2.00. The number of nitrogens with zero attached hydrogens (tertiary/aromatic N) is 1. The molecule has 16 heavy (non-hydrogen) atoms. The highest BCUT2D eigenvalue weighted by atomic mass is 32.1. The molecule has 1 rings (SSSR count). The van der Waals surface area contributed by atoms with Gasteiger partial charge in [0.25, 0.3) is 0 Å². The molecule has 92 valence electrons. The lowest BCUT2D eigenvalue weighted by Crippen LogP contribution is -2.22. The molecular weight excluding hydrogens is 220 g/mol. The molecule has 1 aromatic heterocycles. The minimum absolute atomic E-state index is 0.625. The molecule has 1 aromatic rings. The van der Waals surface area contributed by atoms with Crippen LogP contribution < -0.4 is 5.32 Å². The second kappa shape index (κ2) is 7.76. The van der Waals surface area contributed by atoms with Crippen LogP contribution in [0.2, 0.25) is 0 Å². The van der Waals surface area contributed by atoms with Crippen LogP contribution >= 0.6 is 11.3 Å². The van der Waals surface area contributed by atoms with Crippen molar-refractivity contribution >= 4 is 11.3 Å². The van der Waals surface area contributed by atoms with Gasteiger partial charge in [0.2, 0.25) is 0 Å². The van der Waals surface area contributed by atoms with Gasteiger partial charge >= 0.3 is 0 Å². The first-order chi connectivity index (χ1) is 7.70. The van der Waals surface area contributed by atoms with E-state index in [1.54, 1.807) is 11.3 Å². The first kappa shape index (κ1) is 13.6. The van der Waals surface area contributed by atoms with E-state index in [9.17, 15) is 0 Å². The fourth-order valence-corrected chi connectivity index (χ4v) is 2.14. The zero-order chi connectivity index (χ0) is 11.8. The molecule has 0 aliphatic heterocycles. The van der Waals surface area contributed by atoms with Crippen molar-refractivity contribution in [3.63, 3.8) is 0 Å². The van der Waals surface area contributed by atoms with E-state index in [4.69, 9.17) is 4.74 Å². The van der Waals surface area contributed by atoms with Crippen LogP contribution in [0, 0.1) is 12.8 Å². The summed E-state index contributed by atoms with van der Waals surface area (Å²) in [5.74, 6) is 0.625. The van der Waals surface area contributed by atoms with E-state index in [1.165, 1.54) is 10.6 Å². The van der Waals surface area contributed by atoms with Crippen LogP contribution in [0.3, 0.4) is 0 Å². The fraction of sp³-hybridized carbons (Fsp3) is 0.750. The lowest BCUT2D eigenvalue weighted by molar-refractivity contribution is 0.112. The number of ether oxygens (including phenoxy) is 1. The molecule has 0 unspecified atom stereocenters. The molecular formula is C12H22N2OS. The SMILES string of the molecule is Cc1ncsc1CCNCCOCC(C)C. The van der Waals surface area contributed by atoms with E-state index in [1.807, 2.05) is 5.51 Å². The quantitative estimate of drug-likeness (QED) is 0.710. The minimum atomic E-state index is 0.625. The van der Waals surface area contributed by atoms with Crippen molar-refractivity contribution in [1.82, 2.24) is 10.3 Å². The summed E-state index contributed by atoms with van der Waals surface area (Å²) >= 11 is 1.74. The predicted octanol–water partition coefficient (Wildman–Crippen LogP) is 2.26. The maximum atomic E-state index is 5.48. The maximum absolute atomic E-state index is 5.48. The molecule has 4 heteroatoms. The molecule has 0 fully saturated rings. The first-order valence-corrected chi connectivity index (χ1v) is 6.75. The molecule has 0 aliphatic rings. The molecule has 0 saturated heterocycles. The highest BCUT2D eigenvalue weighted by molar-refractivity contribution is 7.09. The van der Waals surface area contributed by atoms with E-state index in [-0.39, 0.29) is 0 Å². The zero-order valence-electron chi connectivity index (χ0n) is 10.5. The Morgan fingerprint density at radius 2 is 2.25 bits per heavy atom. The molecule has 0 atom stereocenters. The molecule has 0 bridgehead atoms. The van der Waals surface area contributed by atoms with Gasteiger partial charge in [0, 0.05) is 24.6 Å². The van der Waals surface area contributed by atoms with Crippen LogP contribution in [-0.4, -0.2) is 31.3 Å². The number of rotatable bonds is 8. The van der Waals surface area contributed by atoms with Crippen molar-refractivity contribution in [2.24, 2.45) is 5.92 Å². The summed E-state index contributed by atoms with van der Waals surface area (Å²) in [5, 5.41) is 3.38. The maximum Gasteiger partial charge on any atom is 0.0797 e. The summed E-state index contributed by atoms with van der Waals surface area (Å²) in [4.78, 5) is 5.62. The van der Waals surface area contributed by atoms with Crippen LogP contribution in [0.4, 0.5) is 0 Å². The van der Waals surface area contributed by atoms with Gasteiger partial charge < -0.3 is 10.1 Å². The summed E-state index contributed by atoms with van der Waals surface area (Å²) in [5.41, 5.74) is 3.08. The average molecular weight is 242 g/mol. The van der Waals surface area contributed by atoms with E-state index < -0.39 is 0 Å². The summed E-state index contributed by atoms with van der Waals surface area (Å²) in [6.45, 7) is 10.0. The van der Waals surface area contributed by atoms with Crippen LogP contribution in [0.1, 0.15) is 24.4 Å². The Labute approximate surface area is 102 Å². The van der Waals surface area contributed by atoms with Crippen LogP contribution in [0.15, 0.2) is 5.51 Å². The van der Waals surface area contributed by atoms with Crippen molar-refractivity contribution in [3.05, 3.63) is 16.1 Å². The Hall–Kier alpha value is -0.450. The number of hydrogen-bond acceptors (Lipinski definition) is 4. The molecule has 1 N–H and O–H groups in total. The van der Waals surface area contributed by atoms with Crippen LogP contribution in [0.25, 0.3) is 0 Å². The molecule has 0 saturated carbocycles. The van der Waals surface area contributed by atoms with Crippen molar-refractivity contribution in [1.29, 1.82) is 0 Å². The topological polar surface area (TPSA) is 34.2 Å². The number of aryl methyl sites for hydroxylation is 1. The van der Waals surface area contributed by atoms with Gasteiger partial charge in [-0.25, -0.2) is 4.98 Å². The third-order valence-electron chi connectivity index (χ3n) is 2.25. The Kier molecular flexibility index (Phi) is 6.61. The minimum Gasteiger partial charge on any atom is -0.380 e.